The number of nitrogens with zero attached hydrogens (tertiary/aromatic N) is 2. The van der Waals surface area contributed by atoms with E-state index in [1.165, 1.54) is 12.8 Å². The van der Waals surface area contributed by atoms with Crippen LogP contribution in [0.15, 0.2) is 18.5 Å². The lowest BCUT2D eigenvalue weighted by Gasteiger charge is -2.25. The number of aromatic nitrogens is 1. The third-order valence-corrected chi connectivity index (χ3v) is 6.59. The molecule has 1 aromatic heterocycles. The van der Waals surface area contributed by atoms with Crippen molar-refractivity contribution in [3.63, 3.8) is 0 Å². The number of hydrogen-bond donors (Lipinski definition) is 1. The second-order valence-electron chi connectivity index (χ2n) is 6.55. The highest BCUT2D eigenvalue weighted by Gasteiger charge is 2.31. The molecule has 3 rings (SSSR count). The van der Waals surface area contributed by atoms with Gasteiger partial charge in [0.05, 0.1) is 29.0 Å². The number of carbonyl (C=O) groups excluding carboxylic acids is 1. The molecule has 0 spiro atoms. The normalized spacial score (nSPS) is 23.8. The summed E-state index contributed by atoms with van der Waals surface area (Å²) in [4.78, 5) is 18.4. The fourth-order valence-corrected chi connectivity index (χ4v) is 5.15. The maximum atomic E-state index is 12.3. The van der Waals surface area contributed by atoms with Gasteiger partial charge in [0.15, 0.2) is 9.84 Å². The van der Waals surface area contributed by atoms with Gasteiger partial charge in [0.1, 0.15) is 0 Å². The van der Waals surface area contributed by atoms with E-state index in [0.717, 1.165) is 18.5 Å². The van der Waals surface area contributed by atoms with E-state index < -0.39 is 9.84 Å². The molecule has 1 aliphatic heterocycles. The highest BCUT2D eigenvalue weighted by molar-refractivity contribution is 7.91. The van der Waals surface area contributed by atoms with Gasteiger partial charge in [-0.1, -0.05) is 12.8 Å². The van der Waals surface area contributed by atoms with E-state index in [1.54, 1.807) is 18.5 Å². The molecule has 1 unspecified atom stereocenters. The van der Waals surface area contributed by atoms with Gasteiger partial charge in [0, 0.05) is 25.3 Å². The maximum Gasteiger partial charge on any atom is 0.253 e. The molecule has 1 N–H and O–H groups in total. The first kappa shape index (κ1) is 16.2. The number of carbonyl (C=O) groups is 1. The van der Waals surface area contributed by atoms with E-state index >= 15 is 0 Å². The van der Waals surface area contributed by atoms with Gasteiger partial charge < -0.3 is 10.2 Å². The SMILES string of the molecule is CN(c1cncc(C(=O)NC2CCCC2)c1)C1CCS(=O)(=O)C1. The minimum absolute atomic E-state index is 0.0463. The highest BCUT2D eigenvalue weighted by atomic mass is 32.2. The minimum Gasteiger partial charge on any atom is -0.369 e. The lowest BCUT2D eigenvalue weighted by Crippen LogP contribution is -2.34. The Bertz CT molecular complexity index is 684. The van der Waals surface area contributed by atoms with Crippen molar-refractivity contribution in [3.8, 4) is 0 Å². The molecule has 1 aromatic rings. The average Bonchev–Trinajstić information content (AvgIpc) is 3.16. The Kier molecular flexibility index (Phi) is 4.57. The summed E-state index contributed by atoms with van der Waals surface area (Å²) in [5, 5.41) is 3.05. The molecule has 126 valence electrons. The van der Waals surface area contributed by atoms with Gasteiger partial charge >= 0.3 is 0 Å². The Balaban J connectivity index is 1.70. The van der Waals surface area contributed by atoms with E-state index in [0.29, 0.717) is 12.0 Å². The Morgan fingerprint density at radius 1 is 1.26 bits per heavy atom. The molecule has 7 heteroatoms. The van der Waals surface area contributed by atoms with Crippen molar-refractivity contribution in [1.82, 2.24) is 10.3 Å². The zero-order valence-electron chi connectivity index (χ0n) is 13.4. The van der Waals surface area contributed by atoms with Crippen LogP contribution in [0.4, 0.5) is 5.69 Å². The topological polar surface area (TPSA) is 79.4 Å². The van der Waals surface area contributed by atoms with Gasteiger partial charge in [0.2, 0.25) is 0 Å². The van der Waals surface area contributed by atoms with Crippen LogP contribution < -0.4 is 10.2 Å². The molecule has 1 saturated carbocycles. The lowest BCUT2D eigenvalue weighted by atomic mass is 10.1. The van der Waals surface area contributed by atoms with Crippen LogP contribution >= 0.6 is 0 Å². The summed E-state index contributed by atoms with van der Waals surface area (Å²) in [7, 11) is -1.07. The molecule has 2 fully saturated rings. The lowest BCUT2D eigenvalue weighted by molar-refractivity contribution is 0.0937. The maximum absolute atomic E-state index is 12.3. The van der Waals surface area contributed by atoms with Gasteiger partial charge in [-0.2, -0.15) is 0 Å². The first-order valence-electron chi connectivity index (χ1n) is 8.14. The monoisotopic (exact) mass is 337 g/mol. The first-order valence-corrected chi connectivity index (χ1v) is 9.96. The Morgan fingerprint density at radius 2 is 2.00 bits per heavy atom. The van der Waals surface area contributed by atoms with Crippen molar-refractivity contribution in [2.45, 2.75) is 44.2 Å². The number of nitrogens with one attached hydrogen (secondary N) is 1. The summed E-state index contributed by atoms with van der Waals surface area (Å²) >= 11 is 0. The molecule has 6 nitrogen and oxygen atoms in total. The van der Waals surface area contributed by atoms with Gasteiger partial charge in [-0.15, -0.1) is 0 Å². The average molecular weight is 337 g/mol. The van der Waals surface area contributed by atoms with Crippen molar-refractivity contribution in [1.29, 1.82) is 0 Å². The summed E-state index contributed by atoms with van der Waals surface area (Å²) in [5.74, 6) is 0.304. The fraction of sp³-hybridized carbons (Fsp3) is 0.625. The van der Waals surface area contributed by atoms with Gasteiger partial charge in [-0.05, 0) is 25.3 Å². The van der Waals surface area contributed by atoms with Crippen molar-refractivity contribution in [2.24, 2.45) is 0 Å². The van der Waals surface area contributed by atoms with Crippen molar-refractivity contribution in [3.05, 3.63) is 24.0 Å². The van der Waals surface area contributed by atoms with Crippen LogP contribution in [-0.4, -0.2) is 49.9 Å². The quantitative estimate of drug-likeness (QED) is 0.898. The second kappa shape index (κ2) is 6.47. The predicted octanol–water partition coefficient (Wildman–Crippen LogP) is 1.38. The van der Waals surface area contributed by atoms with Gasteiger partial charge in [-0.25, -0.2) is 8.42 Å². The number of pyridine rings is 1. The third-order valence-electron chi connectivity index (χ3n) is 4.84. The number of amides is 1. The zero-order chi connectivity index (χ0) is 16.4. The standard InChI is InChI=1S/C16H23N3O3S/c1-19(14-6-7-23(21,22)11-14)15-8-12(9-17-10-15)16(20)18-13-4-2-3-5-13/h8-10,13-14H,2-7,11H2,1H3,(H,18,20). The van der Waals surface area contributed by atoms with E-state index in [2.05, 4.69) is 10.3 Å². The first-order chi connectivity index (χ1) is 10.9. The highest BCUT2D eigenvalue weighted by Crippen LogP contribution is 2.23. The van der Waals surface area contributed by atoms with Crippen LogP contribution in [0.1, 0.15) is 42.5 Å². The molecule has 1 aliphatic carbocycles. The molecule has 0 bridgehead atoms. The predicted molar refractivity (Wildman–Crippen MR) is 89.4 cm³/mol. The second-order valence-corrected chi connectivity index (χ2v) is 8.78. The van der Waals surface area contributed by atoms with Crippen molar-refractivity contribution >= 4 is 21.4 Å². The fourth-order valence-electron chi connectivity index (χ4n) is 3.38. The number of rotatable bonds is 4. The van der Waals surface area contributed by atoms with E-state index in [-0.39, 0.29) is 29.5 Å². The number of anilines is 1. The number of sulfone groups is 1. The summed E-state index contributed by atoms with van der Waals surface area (Å²) in [6, 6.07) is 2.01. The summed E-state index contributed by atoms with van der Waals surface area (Å²) in [6.07, 6.45) is 8.28. The molecule has 1 atom stereocenters. The van der Waals surface area contributed by atoms with Crippen LogP contribution in [0.25, 0.3) is 0 Å². The molecule has 0 aromatic carbocycles. The smallest absolute Gasteiger partial charge is 0.253 e. The van der Waals surface area contributed by atoms with E-state index in [1.807, 2.05) is 11.9 Å². The van der Waals surface area contributed by atoms with Crippen molar-refractivity contribution < 1.29 is 13.2 Å². The molecule has 1 saturated heterocycles. The molecule has 1 amide bonds. The summed E-state index contributed by atoms with van der Waals surface area (Å²) < 4.78 is 23.3. The molecule has 2 heterocycles. The minimum atomic E-state index is -2.93. The Hall–Kier alpha value is -1.63. The van der Waals surface area contributed by atoms with E-state index in [9.17, 15) is 13.2 Å². The Labute approximate surface area is 137 Å². The van der Waals surface area contributed by atoms with Gasteiger partial charge in [-0.3, -0.25) is 9.78 Å². The Morgan fingerprint density at radius 3 is 2.65 bits per heavy atom. The molecule has 2 aliphatic rings. The van der Waals surface area contributed by atoms with E-state index in [4.69, 9.17) is 0 Å². The third kappa shape index (κ3) is 3.83. The largest absolute Gasteiger partial charge is 0.369 e. The molecular weight excluding hydrogens is 314 g/mol. The zero-order valence-corrected chi connectivity index (χ0v) is 14.2. The molecular formula is C16H23N3O3S. The van der Waals surface area contributed by atoms with Crippen LogP contribution in [0.5, 0.6) is 0 Å². The molecule has 0 radical (unpaired) electrons. The van der Waals surface area contributed by atoms with Crippen molar-refractivity contribution in [2.75, 3.05) is 23.5 Å². The van der Waals surface area contributed by atoms with Crippen LogP contribution in [0.3, 0.4) is 0 Å². The summed E-state index contributed by atoms with van der Waals surface area (Å²) in [6.45, 7) is 0. The molecule has 23 heavy (non-hydrogen) atoms. The van der Waals surface area contributed by atoms with Gasteiger partial charge in [0.25, 0.3) is 5.91 Å². The van der Waals surface area contributed by atoms with Crippen LogP contribution in [0.2, 0.25) is 0 Å². The summed E-state index contributed by atoms with van der Waals surface area (Å²) in [5.41, 5.74) is 1.31. The van der Waals surface area contributed by atoms with Crippen LogP contribution in [0, 0.1) is 0 Å². The van der Waals surface area contributed by atoms with Crippen LogP contribution in [-0.2, 0) is 9.84 Å². The number of hydrogen-bond acceptors (Lipinski definition) is 5.